The molecule has 0 saturated heterocycles. The van der Waals surface area contributed by atoms with Crippen LogP contribution in [-0.4, -0.2) is 36.9 Å². The second-order valence-electron chi connectivity index (χ2n) is 4.15. The van der Waals surface area contributed by atoms with E-state index in [1.165, 1.54) is 13.2 Å². The molecule has 0 aliphatic carbocycles. The van der Waals surface area contributed by atoms with Crippen molar-refractivity contribution in [2.24, 2.45) is 0 Å². The molecule has 0 bridgehead atoms. The summed E-state index contributed by atoms with van der Waals surface area (Å²) in [6, 6.07) is 1.82. The summed E-state index contributed by atoms with van der Waals surface area (Å²) >= 11 is 0. The fourth-order valence-electron chi connectivity index (χ4n) is 1.49. The fraction of sp³-hybridized carbons (Fsp3) is 0.462. The Morgan fingerprint density at radius 3 is 2.74 bits per heavy atom. The minimum absolute atomic E-state index is 0.0452. The first-order valence-corrected chi connectivity index (χ1v) is 6.27. The van der Waals surface area contributed by atoms with Crippen LogP contribution < -0.4 is 16.0 Å². The molecule has 6 nitrogen and oxygen atoms in total. The molecule has 1 aromatic heterocycles. The van der Waals surface area contributed by atoms with Crippen LogP contribution in [0.25, 0.3) is 0 Å². The largest absolute Gasteiger partial charge is 0.384 e. The maximum Gasteiger partial charge on any atom is 0.255 e. The van der Waals surface area contributed by atoms with Crippen molar-refractivity contribution in [3.63, 3.8) is 0 Å². The van der Waals surface area contributed by atoms with Crippen molar-refractivity contribution in [1.82, 2.24) is 15.6 Å². The number of hydrogen-bond acceptors (Lipinski definition) is 4. The molecule has 0 fully saturated rings. The van der Waals surface area contributed by atoms with Crippen molar-refractivity contribution in [1.29, 1.82) is 0 Å². The van der Waals surface area contributed by atoms with Crippen molar-refractivity contribution in [2.45, 2.75) is 20.3 Å². The number of carbonyl (C=O) groups is 2. The molecule has 0 unspecified atom stereocenters. The normalized spacial score (nSPS) is 9.84. The van der Waals surface area contributed by atoms with Gasteiger partial charge in [-0.05, 0) is 19.4 Å². The Hall–Kier alpha value is -2.11. The van der Waals surface area contributed by atoms with Gasteiger partial charge >= 0.3 is 0 Å². The second-order valence-corrected chi connectivity index (χ2v) is 4.15. The van der Waals surface area contributed by atoms with E-state index in [0.717, 1.165) is 24.3 Å². The number of nitrogens with zero attached hydrogens (tertiary/aromatic N) is 1. The summed E-state index contributed by atoms with van der Waals surface area (Å²) in [6.07, 6.45) is 2.48. The summed E-state index contributed by atoms with van der Waals surface area (Å²) in [7, 11) is 1.52. The van der Waals surface area contributed by atoms with Crippen LogP contribution in [-0.2, 0) is 4.79 Å². The summed E-state index contributed by atoms with van der Waals surface area (Å²) < 4.78 is 0. The van der Waals surface area contributed by atoms with Gasteiger partial charge in [0.1, 0.15) is 0 Å². The van der Waals surface area contributed by atoms with Crippen LogP contribution in [0.1, 0.15) is 29.4 Å². The maximum atomic E-state index is 12.0. The zero-order valence-electron chi connectivity index (χ0n) is 11.5. The molecule has 0 spiro atoms. The molecule has 1 aromatic rings. The molecule has 0 radical (unpaired) electrons. The van der Waals surface area contributed by atoms with Crippen LogP contribution in [0.2, 0.25) is 0 Å². The average molecular weight is 264 g/mol. The second kappa shape index (κ2) is 7.35. The average Bonchev–Trinajstić information content (AvgIpc) is 2.42. The number of likely N-dealkylation sites (N-methyl/N-ethyl adjacent to an activating group) is 1. The summed E-state index contributed by atoms with van der Waals surface area (Å²) in [5.41, 5.74) is 2.02. The Bertz CT molecular complexity index is 460. The number of aromatic nitrogens is 1. The maximum absolute atomic E-state index is 12.0. The highest BCUT2D eigenvalue weighted by Crippen LogP contribution is 2.15. The van der Waals surface area contributed by atoms with Crippen molar-refractivity contribution in [2.75, 3.05) is 25.5 Å². The lowest BCUT2D eigenvalue weighted by Gasteiger charge is -2.11. The van der Waals surface area contributed by atoms with Crippen molar-refractivity contribution >= 4 is 17.5 Å². The quantitative estimate of drug-likeness (QED) is 0.706. The van der Waals surface area contributed by atoms with Crippen LogP contribution in [0.15, 0.2) is 12.3 Å². The number of amides is 2. The van der Waals surface area contributed by atoms with Gasteiger partial charge in [0, 0.05) is 25.5 Å². The van der Waals surface area contributed by atoms with Gasteiger partial charge in [0.05, 0.1) is 17.8 Å². The number of rotatable bonds is 6. The Morgan fingerprint density at radius 2 is 2.11 bits per heavy atom. The lowest BCUT2D eigenvalue weighted by molar-refractivity contribution is -0.119. The Kier molecular flexibility index (Phi) is 5.78. The Balaban J connectivity index is 2.79. The molecule has 1 rings (SSSR count). The number of hydrogen-bond donors (Lipinski definition) is 3. The third-order valence-electron chi connectivity index (χ3n) is 2.54. The topological polar surface area (TPSA) is 83.1 Å². The lowest BCUT2D eigenvalue weighted by Crippen LogP contribution is -2.35. The highest BCUT2D eigenvalue weighted by atomic mass is 16.2. The van der Waals surface area contributed by atoms with Crippen molar-refractivity contribution in [3.8, 4) is 0 Å². The van der Waals surface area contributed by atoms with Crippen LogP contribution >= 0.6 is 0 Å². The molecule has 0 aliphatic rings. The van der Waals surface area contributed by atoms with Gasteiger partial charge in [-0.15, -0.1) is 0 Å². The van der Waals surface area contributed by atoms with Gasteiger partial charge in [-0.1, -0.05) is 6.92 Å². The van der Waals surface area contributed by atoms with Gasteiger partial charge in [-0.2, -0.15) is 0 Å². The smallest absolute Gasteiger partial charge is 0.255 e. The zero-order valence-corrected chi connectivity index (χ0v) is 11.5. The molecule has 0 saturated carbocycles. The Labute approximate surface area is 113 Å². The number of aryl methyl sites for hydroxylation is 1. The minimum Gasteiger partial charge on any atom is -0.384 e. The van der Waals surface area contributed by atoms with Gasteiger partial charge < -0.3 is 16.0 Å². The molecule has 0 aromatic carbocycles. The van der Waals surface area contributed by atoms with Gasteiger partial charge in [0.25, 0.3) is 5.91 Å². The Morgan fingerprint density at radius 1 is 1.37 bits per heavy atom. The highest BCUT2D eigenvalue weighted by Gasteiger charge is 2.12. The first-order valence-electron chi connectivity index (χ1n) is 6.27. The van der Waals surface area contributed by atoms with E-state index in [1.54, 1.807) is 0 Å². The third kappa shape index (κ3) is 4.57. The molecule has 6 heteroatoms. The molecule has 3 N–H and O–H groups in total. The van der Waals surface area contributed by atoms with E-state index in [4.69, 9.17) is 0 Å². The SMILES string of the molecule is CCCNc1cc(C)ncc1C(=O)NCC(=O)NC. The van der Waals surface area contributed by atoms with E-state index in [-0.39, 0.29) is 18.4 Å². The van der Waals surface area contributed by atoms with Gasteiger partial charge in [0.15, 0.2) is 0 Å². The van der Waals surface area contributed by atoms with E-state index in [0.29, 0.717) is 5.56 Å². The molecule has 19 heavy (non-hydrogen) atoms. The molecule has 104 valence electrons. The number of pyridine rings is 1. The predicted octanol–water partition coefficient (Wildman–Crippen LogP) is 0.688. The molecule has 1 heterocycles. The van der Waals surface area contributed by atoms with E-state index >= 15 is 0 Å². The van der Waals surface area contributed by atoms with Gasteiger partial charge in [0.2, 0.25) is 5.91 Å². The van der Waals surface area contributed by atoms with Crippen molar-refractivity contribution < 1.29 is 9.59 Å². The molecule has 0 atom stereocenters. The van der Waals surface area contributed by atoms with E-state index in [9.17, 15) is 9.59 Å². The third-order valence-corrected chi connectivity index (χ3v) is 2.54. The summed E-state index contributed by atoms with van der Waals surface area (Å²) in [4.78, 5) is 27.2. The highest BCUT2D eigenvalue weighted by molar-refractivity contribution is 6.00. The standard InChI is InChI=1S/C13H20N4O2/c1-4-5-15-11-6-9(2)16-7-10(11)13(19)17-8-12(18)14-3/h6-7H,4-5,8H2,1-3H3,(H,14,18)(H,15,16)(H,17,19). The monoisotopic (exact) mass is 264 g/mol. The van der Waals surface area contributed by atoms with Crippen LogP contribution in [0.5, 0.6) is 0 Å². The number of anilines is 1. The van der Waals surface area contributed by atoms with Crippen LogP contribution in [0, 0.1) is 6.92 Å². The molecule has 0 aliphatic heterocycles. The molecular weight excluding hydrogens is 244 g/mol. The molecule has 2 amide bonds. The molecular formula is C13H20N4O2. The summed E-state index contributed by atoms with van der Waals surface area (Å²) in [6.45, 7) is 4.64. The van der Waals surface area contributed by atoms with Gasteiger partial charge in [-0.25, -0.2) is 0 Å². The van der Waals surface area contributed by atoms with Crippen LogP contribution in [0.4, 0.5) is 5.69 Å². The number of carbonyl (C=O) groups excluding carboxylic acids is 2. The van der Waals surface area contributed by atoms with E-state index in [1.807, 2.05) is 19.9 Å². The minimum atomic E-state index is -0.310. The van der Waals surface area contributed by atoms with E-state index in [2.05, 4.69) is 20.9 Å². The lowest BCUT2D eigenvalue weighted by atomic mass is 10.2. The first-order chi connectivity index (χ1) is 9.08. The van der Waals surface area contributed by atoms with Crippen LogP contribution in [0.3, 0.4) is 0 Å². The summed E-state index contributed by atoms with van der Waals surface area (Å²) in [5.74, 6) is -0.550. The fourth-order valence-corrected chi connectivity index (χ4v) is 1.49. The summed E-state index contributed by atoms with van der Waals surface area (Å²) in [5, 5.41) is 8.18. The van der Waals surface area contributed by atoms with E-state index < -0.39 is 0 Å². The van der Waals surface area contributed by atoms with Gasteiger partial charge in [-0.3, -0.25) is 14.6 Å². The number of nitrogens with one attached hydrogen (secondary N) is 3. The van der Waals surface area contributed by atoms with Crippen molar-refractivity contribution in [3.05, 3.63) is 23.5 Å². The zero-order chi connectivity index (χ0) is 14.3. The first kappa shape index (κ1) is 14.9. The predicted molar refractivity (Wildman–Crippen MR) is 74.2 cm³/mol.